The maximum Gasteiger partial charge on any atom is 0.324 e. The average molecular weight is 465 g/mol. The molecule has 0 radical (unpaired) electrons. The van der Waals surface area contributed by atoms with Crippen LogP contribution in [0.5, 0.6) is 5.75 Å². The topological polar surface area (TPSA) is 104 Å². The summed E-state index contributed by atoms with van der Waals surface area (Å²) in [5.74, 6) is -1.62. The van der Waals surface area contributed by atoms with Crippen molar-refractivity contribution in [2.24, 2.45) is 0 Å². The standard InChI is InChI=1S/C22H25FN2O6S/c1-14-4-5-18(23)12-17(14)13-31-19-6-8-20(9-7-19)32(29,30)25-11-10-24(16(3)26)15(2)21(25)22(27)28/h4-9,12,15,21H,10-11,13H2,1-3H3,(H,27,28). The van der Waals surface area contributed by atoms with Gasteiger partial charge in [-0.15, -0.1) is 0 Å². The van der Waals surface area contributed by atoms with Crippen LogP contribution in [0.3, 0.4) is 0 Å². The van der Waals surface area contributed by atoms with Crippen molar-refractivity contribution in [3.63, 3.8) is 0 Å². The number of halogens is 1. The van der Waals surface area contributed by atoms with Gasteiger partial charge in [0.05, 0.1) is 10.9 Å². The fourth-order valence-corrected chi connectivity index (χ4v) is 5.44. The molecule has 1 aliphatic rings. The highest BCUT2D eigenvalue weighted by Crippen LogP contribution is 2.27. The number of carboxylic acids is 1. The number of hydrogen-bond donors (Lipinski definition) is 1. The smallest absolute Gasteiger partial charge is 0.324 e. The molecule has 2 aromatic rings. The van der Waals surface area contributed by atoms with Crippen molar-refractivity contribution in [3.8, 4) is 5.75 Å². The zero-order valence-electron chi connectivity index (χ0n) is 18.0. The summed E-state index contributed by atoms with van der Waals surface area (Å²) in [7, 11) is -4.13. The van der Waals surface area contributed by atoms with E-state index < -0.39 is 28.1 Å². The molecule has 2 unspecified atom stereocenters. The van der Waals surface area contributed by atoms with Crippen molar-refractivity contribution in [1.29, 1.82) is 0 Å². The maximum absolute atomic E-state index is 13.4. The number of benzene rings is 2. The molecule has 0 aliphatic carbocycles. The molecule has 0 bridgehead atoms. The Morgan fingerprint density at radius 2 is 1.81 bits per heavy atom. The van der Waals surface area contributed by atoms with E-state index in [0.717, 1.165) is 9.87 Å². The van der Waals surface area contributed by atoms with Crippen LogP contribution in [-0.4, -0.2) is 59.8 Å². The van der Waals surface area contributed by atoms with Crippen molar-refractivity contribution in [2.45, 2.75) is 44.4 Å². The Balaban J connectivity index is 1.79. The molecular weight excluding hydrogens is 439 g/mol. The zero-order chi connectivity index (χ0) is 23.6. The summed E-state index contributed by atoms with van der Waals surface area (Å²) in [6.07, 6.45) is 0. The lowest BCUT2D eigenvalue weighted by atomic mass is 10.1. The minimum absolute atomic E-state index is 0.0819. The van der Waals surface area contributed by atoms with Crippen LogP contribution in [0.25, 0.3) is 0 Å². The molecule has 2 atom stereocenters. The van der Waals surface area contributed by atoms with Crippen LogP contribution >= 0.6 is 0 Å². The van der Waals surface area contributed by atoms with Crippen LogP contribution < -0.4 is 4.74 Å². The molecule has 1 amide bonds. The number of ether oxygens (including phenoxy) is 1. The molecular formula is C22H25FN2O6S. The molecule has 32 heavy (non-hydrogen) atoms. The van der Waals surface area contributed by atoms with Crippen LogP contribution in [0.2, 0.25) is 0 Å². The minimum atomic E-state index is -4.13. The van der Waals surface area contributed by atoms with Crippen molar-refractivity contribution in [3.05, 3.63) is 59.4 Å². The van der Waals surface area contributed by atoms with Gasteiger partial charge in [0.15, 0.2) is 0 Å². The maximum atomic E-state index is 13.4. The first-order chi connectivity index (χ1) is 15.0. The number of sulfonamides is 1. The lowest BCUT2D eigenvalue weighted by Crippen LogP contribution is -2.63. The van der Waals surface area contributed by atoms with Gasteiger partial charge in [-0.2, -0.15) is 4.31 Å². The van der Waals surface area contributed by atoms with Gasteiger partial charge >= 0.3 is 5.97 Å². The number of rotatable bonds is 6. The zero-order valence-corrected chi connectivity index (χ0v) is 18.8. The fraction of sp³-hybridized carbons (Fsp3) is 0.364. The van der Waals surface area contributed by atoms with E-state index in [9.17, 15) is 27.5 Å². The molecule has 1 N–H and O–H groups in total. The van der Waals surface area contributed by atoms with Gasteiger partial charge in [-0.3, -0.25) is 9.59 Å². The summed E-state index contributed by atoms with van der Waals surface area (Å²) < 4.78 is 46.3. The number of aliphatic carboxylic acids is 1. The third-order valence-corrected chi connectivity index (χ3v) is 7.51. The number of carboxylic acid groups (broad SMARTS) is 1. The molecule has 0 saturated carbocycles. The first kappa shape index (κ1) is 23.7. The number of hydrogen-bond acceptors (Lipinski definition) is 5. The second-order valence-electron chi connectivity index (χ2n) is 7.68. The van der Waals surface area contributed by atoms with Crippen molar-refractivity contribution in [2.75, 3.05) is 13.1 Å². The van der Waals surface area contributed by atoms with E-state index in [0.29, 0.717) is 11.3 Å². The first-order valence-electron chi connectivity index (χ1n) is 10.0. The average Bonchev–Trinajstić information content (AvgIpc) is 2.73. The van der Waals surface area contributed by atoms with Gasteiger partial charge in [-0.25, -0.2) is 12.8 Å². The third kappa shape index (κ3) is 4.76. The van der Waals surface area contributed by atoms with E-state index in [-0.39, 0.29) is 36.3 Å². The fourth-order valence-electron chi connectivity index (χ4n) is 3.80. The Bertz CT molecular complexity index is 1120. The van der Waals surface area contributed by atoms with Gasteiger partial charge in [0.1, 0.15) is 24.2 Å². The highest BCUT2D eigenvalue weighted by Gasteiger charge is 2.45. The van der Waals surface area contributed by atoms with Crippen LogP contribution in [0.4, 0.5) is 4.39 Å². The van der Waals surface area contributed by atoms with Gasteiger partial charge < -0.3 is 14.7 Å². The first-order valence-corrected chi connectivity index (χ1v) is 11.5. The van der Waals surface area contributed by atoms with Crippen LogP contribution in [0.15, 0.2) is 47.4 Å². The molecule has 1 saturated heterocycles. The summed E-state index contributed by atoms with van der Waals surface area (Å²) in [6, 6.07) is 7.78. The minimum Gasteiger partial charge on any atom is -0.489 e. The van der Waals surface area contributed by atoms with Gasteiger partial charge in [-0.1, -0.05) is 6.07 Å². The molecule has 0 aromatic heterocycles. The van der Waals surface area contributed by atoms with E-state index in [2.05, 4.69) is 0 Å². The van der Waals surface area contributed by atoms with E-state index in [1.54, 1.807) is 6.07 Å². The molecule has 1 fully saturated rings. The Morgan fingerprint density at radius 1 is 1.16 bits per heavy atom. The molecule has 172 valence electrons. The molecule has 3 rings (SSSR count). The Morgan fingerprint density at radius 3 is 2.41 bits per heavy atom. The van der Waals surface area contributed by atoms with Crippen LogP contribution in [0, 0.1) is 12.7 Å². The largest absolute Gasteiger partial charge is 0.489 e. The van der Waals surface area contributed by atoms with E-state index in [1.807, 2.05) is 6.92 Å². The van der Waals surface area contributed by atoms with Crippen LogP contribution in [0.1, 0.15) is 25.0 Å². The Kier molecular flexibility index (Phi) is 6.85. The number of amides is 1. The summed E-state index contributed by atoms with van der Waals surface area (Å²) in [5.41, 5.74) is 1.53. The van der Waals surface area contributed by atoms with Crippen molar-refractivity contribution >= 4 is 21.9 Å². The van der Waals surface area contributed by atoms with E-state index in [1.165, 1.54) is 55.1 Å². The SMILES string of the molecule is CC(=O)N1CCN(S(=O)(=O)c2ccc(OCc3cc(F)ccc3C)cc2)C(C(=O)O)C1C. The van der Waals surface area contributed by atoms with Gasteiger partial charge in [-0.05, 0) is 61.4 Å². The molecule has 1 heterocycles. The van der Waals surface area contributed by atoms with Crippen LogP contribution in [-0.2, 0) is 26.2 Å². The number of aryl methyl sites for hydroxylation is 1. The summed E-state index contributed by atoms with van der Waals surface area (Å²) in [6.45, 7) is 4.77. The van der Waals surface area contributed by atoms with Gasteiger partial charge in [0, 0.05) is 20.0 Å². The summed E-state index contributed by atoms with van der Waals surface area (Å²) in [4.78, 5) is 24.9. The molecule has 10 heteroatoms. The number of carbonyl (C=O) groups is 2. The predicted molar refractivity (Wildman–Crippen MR) is 114 cm³/mol. The molecule has 1 aliphatic heterocycles. The van der Waals surface area contributed by atoms with Gasteiger partial charge in [0.2, 0.25) is 15.9 Å². The second kappa shape index (κ2) is 9.25. The van der Waals surface area contributed by atoms with Crippen molar-refractivity contribution in [1.82, 2.24) is 9.21 Å². The number of piperazine rings is 1. The lowest BCUT2D eigenvalue weighted by Gasteiger charge is -2.43. The predicted octanol–water partition coefficient (Wildman–Crippen LogP) is 2.41. The highest BCUT2D eigenvalue weighted by atomic mass is 32.2. The molecule has 8 nitrogen and oxygen atoms in total. The Hall–Kier alpha value is -2.98. The number of nitrogens with zero attached hydrogens (tertiary/aromatic N) is 2. The third-order valence-electron chi connectivity index (χ3n) is 5.61. The number of carbonyl (C=O) groups excluding carboxylic acids is 1. The van der Waals surface area contributed by atoms with E-state index in [4.69, 9.17) is 4.74 Å². The summed E-state index contributed by atoms with van der Waals surface area (Å²) in [5, 5.41) is 9.66. The lowest BCUT2D eigenvalue weighted by molar-refractivity contribution is -0.148. The molecule has 0 spiro atoms. The quantitative estimate of drug-likeness (QED) is 0.704. The normalized spacial score (nSPS) is 19.6. The van der Waals surface area contributed by atoms with Gasteiger partial charge in [0.25, 0.3) is 0 Å². The second-order valence-corrected chi connectivity index (χ2v) is 9.57. The monoisotopic (exact) mass is 464 g/mol. The molecule has 2 aromatic carbocycles. The Labute approximate surface area is 186 Å². The van der Waals surface area contributed by atoms with Crippen molar-refractivity contribution < 1.29 is 32.2 Å². The highest BCUT2D eigenvalue weighted by molar-refractivity contribution is 7.89. The summed E-state index contributed by atoms with van der Waals surface area (Å²) >= 11 is 0. The van der Waals surface area contributed by atoms with E-state index >= 15 is 0 Å².